The molecule has 2 aliphatic rings. The number of aryl methyl sites for hydroxylation is 1. The summed E-state index contributed by atoms with van der Waals surface area (Å²) in [5.41, 5.74) is 4.78. The predicted octanol–water partition coefficient (Wildman–Crippen LogP) is 4.95. The molecular formula is C24H22N2O3. The third kappa shape index (κ3) is 2.90. The van der Waals surface area contributed by atoms with Gasteiger partial charge in [0, 0.05) is 23.1 Å². The van der Waals surface area contributed by atoms with Crippen LogP contribution in [0.2, 0.25) is 0 Å². The highest BCUT2D eigenvalue weighted by molar-refractivity contribution is 6.04. The molecule has 29 heavy (non-hydrogen) atoms. The Labute approximate surface area is 169 Å². The second-order valence-corrected chi connectivity index (χ2v) is 7.43. The SMILES string of the molecule is COc1cccc2c1O[C@@H](c1ccccc1)N1N=C(c3cc(C)ccc3O)C[C@@H]21. The Kier molecular flexibility index (Phi) is 4.16. The van der Waals surface area contributed by atoms with Crippen molar-refractivity contribution < 1.29 is 14.6 Å². The number of rotatable bonds is 3. The van der Waals surface area contributed by atoms with E-state index in [0.717, 1.165) is 39.5 Å². The Bertz CT molecular complexity index is 1090. The smallest absolute Gasteiger partial charge is 0.214 e. The molecule has 2 aliphatic heterocycles. The van der Waals surface area contributed by atoms with Gasteiger partial charge in [-0.1, -0.05) is 54.1 Å². The number of aromatic hydroxyl groups is 1. The lowest BCUT2D eigenvalue weighted by Crippen LogP contribution is -2.33. The normalized spacial score (nSPS) is 19.8. The van der Waals surface area contributed by atoms with E-state index in [1.165, 1.54) is 0 Å². The molecule has 0 aliphatic carbocycles. The number of methoxy groups -OCH3 is 1. The number of phenols is 1. The topological polar surface area (TPSA) is 54.3 Å². The monoisotopic (exact) mass is 386 g/mol. The molecule has 1 N–H and O–H groups in total. The summed E-state index contributed by atoms with van der Waals surface area (Å²) in [6.45, 7) is 2.02. The standard InChI is InChI=1S/C24H22N2O3/c1-15-11-12-21(27)18(13-15)19-14-20-17-9-6-10-22(28-2)23(17)29-24(26(20)25-19)16-7-4-3-5-8-16/h3-13,20,24,27H,14H2,1-2H3/t20-,24-/m0/s1. The number of ether oxygens (including phenoxy) is 2. The fourth-order valence-electron chi connectivity index (χ4n) is 4.13. The van der Waals surface area contributed by atoms with Crippen LogP contribution in [0.25, 0.3) is 0 Å². The van der Waals surface area contributed by atoms with Gasteiger partial charge in [0.1, 0.15) is 5.75 Å². The highest BCUT2D eigenvalue weighted by Gasteiger charge is 2.42. The van der Waals surface area contributed by atoms with E-state index in [4.69, 9.17) is 14.6 Å². The molecule has 5 heteroatoms. The molecule has 5 rings (SSSR count). The van der Waals surface area contributed by atoms with Crippen molar-refractivity contribution in [2.45, 2.75) is 25.6 Å². The van der Waals surface area contributed by atoms with Crippen molar-refractivity contribution in [1.82, 2.24) is 5.01 Å². The third-order valence-electron chi connectivity index (χ3n) is 5.55. The van der Waals surface area contributed by atoms with Gasteiger partial charge in [0.25, 0.3) is 0 Å². The van der Waals surface area contributed by atoms with Gasteiger partial charge in [0.2, 0.25) is 6.23 Å². The van der Waals surface area contributed by atoms with Gasteiger partial charge >= 0.3 is 0 Å². The molecule has 5 nitrogen and oxygen atoms in total. The molecule has 2 atom stereocenters. The van der Waals surface area contributed by atoms with Crippen molar-refractivity contribution >= 4 is 5.71 Å². The van der Waals surface area contributed by atoms with E-state index in [1.807, 2.05) is 66.5 Å². The zero-order chi connectivity index (χ0) is 20.0. The molecule has 0 unspecified atom stereocenters. The molecule has 0 bridgehead atoms. The van der Waals surface area contributed by atoms with Crippen molar-refractivity contribution in [3.8, 4) is 17.2 Å². The number of benzene rings is 3. The Balaban J connectivity index is 1.64. The first-order chi connectivity index (χ1) is 14.2. The molecular weight excluding hydrogens is 364 g/mol. The van der Waals surface area contributed by atoms with Crippen LogP contribution in [-0.2, 0) is 0 Å². The maximum atomic E-state index is 10.4. The van der Waals surface area contributed by atoms with E-state index in [2.05, 4.69) is 6.07 Å². The lowest BCUT2D eigenvalue weighted by Gasteiger charge is -2.38. The number of hydrogen-bond acceptors (Lipinski definition) is 5. The number of para-hydroxylation sites is 1. The summed E-state index contributed by atoms with van der Waals surface area (Å²) in [6.07, 6.45) is 0.318. The molecule has 0 spiro atoms. The molecule has 146 valence electrons. The molecule has 3 aromatic rings. The van der Waals surface area contributed by atoms with Crippen LogP contribution in [0.5, 0.6) is 17.2 Å². The largest absolute Gasteiger partial charge is 0.507 e. The van der Waals surface area contributed by atoms with Crippen LogP contribution in [0.1, 0.15) is 40.9 Å². The molecule has 0 amide bonds. The van der Waals surface area contributed by atoms with E-state index < -0.39 is 0 Å². The van der Waals surface area contributed by atoms with Crippen LogP contribution in [0.3, 0.4) is 0 Å². The van der Waals surface area contributed by atoms with Gasteiger partial charge in [-0.3, -0.25) is 0 Å². The van der Waals surface area contributed by atoms with Crippen LogP contribution >= 0.6 is 0 Å². The van der Waals surface area contributed by atoms with Crippen LogP contribution in [0, 0.1) is 6.92 Å². The predicted molar refractivity (Wildman–Crippen MR) is 111 cm³/mol. The fourth-order valence-corrected chi connectivity index (χ4v) is 4.13. The van der Waals surface area contributed by atoms with Gasteiger partial charge in [0.15, 0.2) is 11.5 Å². The first-order valence-corrected chi connectivity index (χ1v) is 9.70. The molecule has 0 saturated heterocycles. The second kappa shape index (κ2) is 6.85. The molecule has 0 fully saturated rings. The Morgan fingerprint density at radius 1 is 1.07 bits per heavy atom. The first kappa shape index (κ1) is 17.6. The zero-order valence-electron chi connectivity index (χ0n) is 16.4. The van der Waals surface area contributed by atoms with Gasteiger partial charge in [-0.2, -0.15) is 5.10 Å². The maximum absolute atomic E-state index is 10.4. The van der Waals surface area contributed by atoms with Gasteiger partial charge < -0.3 is 14.6 Å². The Morgan fingerprint density at radius 3 is 2.69 bits per heavy atom. The second-order valence-electron chi connectivity index (χ2n) is 7.43. The summed E-state index contributed by atoms with van der Waals surface area (Å²) in [5.74, 6) is 1.72. The van der Waals surface area contributed by atoms with Gasteiger partial charge in [-0.05, 0) is 25.1 Å². The summed E-state index contributed by atoms with van der Waals surface area (Å²) in [7, 11) is 1.66. The number of fused-ring (bicyclic) bond motifs is 3. The lowest BCUT2D eigenvalue weighted by atomic mass is 9.94. The summed E-state index contributed by atoms with van der Waals surface area (Å²) in [6, 6.07) is 21.6. The molecule has 3 aromatic carbocycles. The third-order valence-corrected chi connectivity index (χ3v) is 5.55. The van der Waals surface area contributed by atoms with Crippen molar-refractivity contribution in [3.05, 3.63) is 89.0 Å². The van der Waals surface area contributed by atoms with Crippen LogP contribution < -0.4 is 9.47 Å². The number of phenolic OH excluding ortho intramolecular Hbond substituents is 1. The number of hydrogen-bond donors (Lipinski definition) is 1. The van der Waals surface area contributed by atoms with Gasteiger partial charge in [-0.25, -0.2) is 5.01 Å². The molecule has 0 aromatic heterocycles. The summed E-state index contributed by atoms with van der Waals surface area (Å²) in [4.78, 5) is 0. The number of nitrogens with zero attached hydrogens (tertiary/aromatic N) is 2. The Morgan fingerprint density at radius 2 is 1.90 bits per heavy atom. The minimum Gasteiger partial charge on any atom is -0.507 e. The van der Waals surface area contributed by atoms with E-state index in [9.17, 15) is 5.11 Å². The maximum Gasteiger partial charge on any atom is 0.214 e. The van der Waals surface area contributed by atoms with Crippen LogP contribution in [0.15, 0.2) is 71.8 Å². The summed E-state index contributed by atoms with van der Waals surface area (Å²) >= 11 is 0. The van der Waals surface area contributed by atoms with Crippen LogP contribution in [-0.4, -0.2) is 22.9 Å². The van der Waals surface area contributed by atoms with E-state index in [1.54, 1.807) is 13.2 Å². The van der Waals surface area contributed by atoms with Crippen molar-refractivity contribution in [2.75, 3.05) is 7.11 Å². The average Bonchev–Trinajstić information content (AvgIpc) is 3.20. The minimum absolute atomic E-state index is 0.00830. The van der Waals surface area contributed by atoms with Gasteiger partial charge in [0.05, 0.1) is 18.9 Å². The highest BCUT2D eigenvalue weighted by Crippen LogP contribution is 2.50. The van der Waals surface area contributed by atoms with E-state index in [0.29, 0.717) is 6.42 Å². The van der Waals surface area contributed by atoms with Crippen molar-refractivity contribution in [2.24, 2.45) is 5.10 Å². The van der Waals surface area contributed by atoms with Crippen molar-refractivity contribution in [1.29, 1.82) is 0 Å². The van der Waals surface area contributed by atoms with E-state index in [-0.39, 0.29) is 18.0 Å². The summed E-state index contributed by atoms with van der Waals surface area (Å²) in [5, 5.41) is 17.4. The quantitative estimate of drug-likeness (QED) is 0.692. The summed E-state index contributed by atoms with van der Waals surface area (Å²) < 4.78 is 12.0. The van der Waals surface area contributed by atoms with E-state index >= 15 is 0 Å². The molecule has 2 heterocycles. The Hall–Kier alpha value is -3.47. The van der Waals surface area contributed by atoms with Gasteiger partial charge in [-0.15, -0.1) is 0 Å². The lowest BCUT2D eigenvalue weighted by molar-refractivity contribution is -0.0209. The van der Waals surface area contributed by atoms with Crippen LogP contribution in [0.4, 0.5) is 0 Å². The van der Waals surface area contributed by atoms with Crippen molar-refractivity contribution in [3.63, 3.8) is 0 Å². The number of hydrazone groups is 1. The molecule has 0 saturated carbocycles. The highest BCUT2D eigenvalue weighted by atomic mass is 16.5. The zero-order valence-corrected chi connectivity index (χ0v) is 16.4. The average molecular weight is 386 g/mol. The first-order valence-electron chi connectivity index (χ1n) is 9.70. The fraction of sp³-hybridized carbons (Fsp3) is 0.208. The molecule has 0 radical (unpaired) electrons. The minimum atomic E-state index is -0.366.